The molecule has 24 heavy (non-hydrogen) atoms. The Morgan fingerprint density at radius 3 is 2.38 bits per heavy atom. The van der Waals surface area contributed by atoms with Crippen LogP contribution in [0.5, 0.6) is 5.75 Å². The summed E-state index contributed by atoms with van der Waals surface area (Å²) in [4.78, 5) is 25.8. The highest BCUT2D eigenvalue weighted by Gasteiger charge is 2.48. The molecule has 1 aromatic carbocycles. The first kappa shape index (κ1) is 18.3. The molecule has 0 aliphatic carbocycles. The number of nitrogens with zero attached hydrogens (tertiary/aromatic N) is 1. The molecule has 1 aromatic rings. The Morgan fingerprint density at radius 2 is 1.88 bits per heavy atom. The zero-order valence-electron chi connectivity index (χ0n) is 15.3. The number of amides is 3. The van der Waals surface area contributed by atoms with Crippen molar-refractivity contribution in [1.82, 2.24) is 10.2 Å². The van der Waals surface area contributed by atoms with Crippen LogP contribution in [0.25, 0.3) is 0 Å². The lowest BCUT2D eigenvalue weighted by molar-refractivity contribution is -0.131. The zero-order valence-corrected chi connectivity index (χ0v) is 15.3. The molecule has 0 spiro atoms. The Kier molecular flexibility index (Phi) is 5.52. The van der Waals surface area contributed by atoms with Crippen molar-refractivity contribution >= 4 is 11.9 Å². The van der Waals surface area contributed by atoms with E-state index >= 15 is 0 Å². The van der Waals surface area contributed by atoms with Gasteiger partial charge in [0.05, 0.1) is 6.54 Å². The lowest BCUT2D eigenvalue weighted by Crippen LogP contribution is -2.46. The number of urea groups is 1. The molecule has 2 rings (SSSR count). The molecule has 1 heterocycles. The van der Waals surface area contributed by atoms with Crippen molar-refractivity contribution in [2.45, 2.75) is 58.9 Å². The maximum Gasteiger partial charge on any atom is 0.325 e. The van der Waals surface area contributed by atoms with Crippen molar-refractivity contribution in [3.05, 3.63) is 29.3 Å². The van der Waals surface area contributed by atoms with Gasteiger partial charge < -0.3 is 10.1 Å². The monoisotopic (exact) mass is 332 g/mol. The predicted octanol–water partition coefficient (Wildman–Crippen LogP) is 3.61. The number of carbonyl (C=O) groups is 2. The molecule has 3 amide bonds. The summed E-state index contributed by atoms with van der Waals surface area (Å²) < 4.78 is 5.74. The van der Waals surface area contributed by atoms with Crippen molar-refractivity contribution in [2.75, 3.05) is 13.2 Å². The van der Waals surface area contributed by atoms with Crippen LogP contribution in [0, 0.1) is 6.92 Å². The number of hydrogen-bond donors (Lipinski definition) is 1. The molecule has 1 aliphatic heterocycles. The van der Waals surface area contributed by atoms with Crippen LogP contribution in [-0.2, 0) is 4.79 Å². The number of imide groups is 1. The maximum absolute atomic E-state index is 12.5. The third kappa shape index (κ3) is 3.40. The van der Waals surface area contributed by atoms with Gasteiger partial charge in [0.1, 0.15) is 17.9 Å². The summed E-state index contributed by atoms with van der Waals surface area (Å²) in [5.74, 6) is 1.09. The van der Waals surface area contributed by atoms with E-state index in [2.05, 4.69) is 32.2 Å². The lowest BCUT2D eigenvalue weighted by atomic mass is 9.93. The van der Waals surface area contributed by atoms with Crippen LogP contribution >= 0.6 is 0 Å². The van der Waals surface area contributed by atoms with Crippen LogP contribution in [0.1, 0.15) is 57.6 Å². The van der Waals surface area contributed by atoms with Crippen molar-refractivity contribution in [1.29, 1.82) is 0 Å². The van der Waals surface area contributed by atoms with Crippen LogP contribution in [0.3, 0.4) is 0 Å². The number of benzene rings is 1. The molecule has 132 valence electrons. The van der Waals surface area contributed by atoms with Crippen LogP contribution < -0.4 is 10.1 Å². The molecule has 1 saturated heterocycles. The molecule has 1 fully saturated rings. The van der Waals surface area contributed by atoms with Crippen LogP contribution in [0.4, 0.5) is 4.79 Å². The van der Waals surface area contributed by atoms with Gasteiger partial charge in [0.15, 0.2) is 0 Å². The molecular formula is C19H28N2O3. The number of aryl methyl sites for hydroxylation is 1. The van der Waals surface area contributed by atoms with E-state index in [1.54, 1.807) is 0 Å². The second-order valence-electron chi connectivity index (χ2n) is 6.70. The minimum atomic E-state index is -0.743. The maximum atomic E-state index is 12.5. The molecule has 5 heteroatoms. The topological polar surface area (TPSA) is 58.6 Å². The van der Waals surface area contributed by atoms with E-state index in [0.29, 0.717) is 25.4 Å². The summed E-state index contributed by atoms with van der Waals surface area (Å²) in [5, 5.41) is 2.83. The molecule has 0 bridgehead atoms. The summed E-state index contributed by atoms with van der Waals surface area (Å²) in [6.45, 7) is 10.8. The fourth-order valence-electron chi connectivity index (χ4n) is 3.25. The van der Waals surface area contributed by atoms with Gasteiger partial charge in [-0.05, 0) is 48.9 Å². The highest BCUT2D eigenvalue weighted by Crippen LogP contribution is 2.25. The Balaban J connectivity index is 1.96. The van der Waals surface area contributed by atoms with Crippen LogP contribution in [-0.4, -0.2) is 35.5 Å². The zero-order chi connectivity index (χ0) is 17.9. The van der Waals surface area contributed by atoms with Gasteiger partial charge >= 0.3 is 6.03 Å². The summed E-state index contributed by atoms with van der Waals surface area (Å²) >= 11 is 0. The molecule has 0 atom stereocenters. The average molecular weight is 332 g/mol. The van der Waals surface area contributed by atoms with Crippen molar-refractivity contribution < 1.29 is 14.3 Å². The van der Waals surface area contributed by atoms with E-state index in [4.69, 9.17) is 4.74 Å². The molecular weight excluding hydrogens is 304 g/mol. The van der Waals surface area contributed by atoms with Crippen molar-refractivity contribution in [3.63, 3.8) is 0 Å². The smallest absolute Gasteiger partial charge is 0.325 e. The third-order valence-electron chi connectivity index (χ3n) is 4.90. The SMILES string of the molecule is CCC1(CC)NC(=O)N(CCOc2ccc(C(C)C)c(C)c2)C1=O. The van der Waals surface area contributed by atoms with Gasteiger partial charge in [0.25, 0.3) is 5.91 Å². The van der Waals surface area contributed by atoms with E-state index in [1.807, 2.05) is 26.0 Å². The molecule has 0 aromatic heterocycles. The Labute approximate surface area is 144 Å². The fourth-order valence-corrected chi connectivity index (χ4v) is 3.25. The number of hydrogen-bond acceptors (Lipinski definition) is 3. The molecule has 1 N–H and O–H groups in total. The predicted molar refractivity (Wildman–Crippen MR) is 94.3 cm³/mol. The molecule has 0 unspecified atom stereocenters. The Bertz CT molecular complexity index is 621. The molecule has 1 aliphatic rings. The number of rotatable bonds is 7. The van der Waals surface area contributed by atoms with Gasteiger partial charge in [0, 0.05) is 0 Å². The van der Waals surface area contributed by atoms with Gasteiger partial charge in [0.2, 0.25) is 0 Å². The largest absolute Gasteiger partial charge is 0.492 e. The standard InChI is InChI=1S/C19H28N2O3/c1-6-19(7-2)17(22)21(18(23)20-19)10-11-24-15-8-9-16(13(3)4)14(5)12-15/h8-9,12-13H,6-7,10-11H2,1-5H3,(H,20,23). The molecule has 0 saturated carbocycles. The average Bonchev–Trinajstić information content (AvgIpc) is 2.79. The fraction of sp³-hybridized carbons (Fsp3) is 0.579. The molecule has 0 radical (unpaired) electrons. The number of carbonyl (C=O) groups excluding carboxylic acids is 2. The Morgan fingerprint density at radius 1 is 1.21 bits per heavy atom. The second kappa shape index (κ2) is 7.24. The summed E-state index contributed by atoms with van der Waals surface area (Å²) in [6, 6.07) is 5.70. The van der Waals surface area contributed by atoms with Gasteiger partial charge in [-0.2, -0.15) is 0 Å². The minimum absolute atomic E-state index is 0.146. The summed E-state index contributed by atoms with van der Waals surface area (Å²) in [7, 11) is 0. The van der Waals surface area contributed by atoms with E-state index in [0.717, 1.165) is 5.75 Å². The van der Waals surface area contributed by atoms with Crippen LogP contribution in [0.15, 0.2) is 18.2 Å². The van der Waals surface area contributed by atoms with E-state index in [1.165, 1.54) is 16.0 Å². The van der Waals surface area contributed by atoms with E-state index in [-0.39, 0.29) is 18.5 Å². The summed E-state index contributed by atoms with van der Waals surface area (Å²) in [6.07, 6.45) is 1.20. The normalized spacial score (nSPS) is 16.7. The highest BCUT2D eigenvalue weighted by molar-refractivity contribution is 6.06. The quantitative estimate of drug-likeness (QED) is 0.776. The minimum Gasteiger partial charge on any atom is -0.492 e. The van der Waals surface area contributed by atoms with Crippen LogP contribution in [0.2, 0.25) is 0 Å². The first-order valence-corrected chi connectivity index (χ1v) is 8.72. The first-order valence-electron chi connectivity index (χ1n) is 8.72. The number of nitrogens with one attached hydrogen (secondary N) is 1. The van der Waals surface area contributed by atoms with E-state index < -0.39 is 5.54 Å². The first-order chi connectivity index (χ1) is 11.3. The van der Waals surface area contributed by atoms with E-state index in [9.17, 15) is 9.59 Å². The van der Waals surface area contributed by atoms with Crippen molar-refractivity contribution in [3.8, 4) is 5.75 Å². The number of ether oxygens (including phenoxy) is 1. The highest BCUT2D eigenvalue weighted by atomic mass is 16.5. The van der Waals surface area contributed by atoms with Gasteiger partial charge in [-0.1, -0.05) is 33.8 Å². The molecule has 5 nitrogen and oxygen atoms in total. The van der Waals surface area contributed by atoms with Crippen molar-refractivity contribution in [2.24, 2.45) is 0 Å². The van der Waals surface area contributed by atoms with Gasteiger partial charge in [-0.3, -0.25) is 9.69 Å². The van der Waals surface area contributed by atoms with Gasteiger partial charge in [-0.25, -0.2) is 4.79 Å². The third-order valence-corrected chi connectivity index (χ3v) is 4.90. The lowest BCUT2D eigenvalue weighted by Gasteiger charge is -2.23. The summed E-state index contributed by atoms with van der Waals surface area (Å²) in [5.41, 5.74) is 1.74. The second-order valence-corrected chi connectivity index (χ2v) is 6.70. The van der Waals surface area contributed by atoms with Gasteiger partial charge in [-0.15, -0.1) is 0 Å². The Hall–Kier alpha value is -2.04.